The number of piperidine rings is 1. The highest BCUT2D eigenvalue weighted by atomic mass is 19.4. The van der Waals surface area contributed by atoms with Crippen molar-refractivity contribution in [2.45, 2.75) is 57.7 Å². The molecule has 0 bridgehead atoms. The number of hydrogen-bond donors (Lipinski definition) is 1. The predicted molar refractivity (Wildman–Crippen MR) is 90.1 cm³/mol. The van der Waals surface area contributed by atoms with E-state index in [1.54, 1.807) is 17.9 Å². The third-order valence-corrected chi connectivity index (χ3v) is 5.27. The summed E-state index contributed by atoms with van der Waals surface area (Å²) in [4.78, 5) is 13.8. The molecule has 1 amide bonds. The topological polar surface area (TPSA) is 40.5 Å². The van der Waals surface area contributed by atoms with Gasteiger partial charge in [-0.15, -0.1) is 0 Å². The van der Waals surface area contributed by atoms with Crippen LogP contribution in [-0.2, 0) is 16.4 Å². The lowest BCUT2D eigenvalue weighted by molar-refractivity contribution is -0.138. The summed E-state index contributed by atoms with van der Waals surface area (Å²) in [6, 6.07) is 5.54. The summed E-state index contributed by atoms with van der Waals surface area (Å²) in [5.74, 6) is 0.136. The minimum absolute atomic E-state index is 0.0645. The fourth-order valence-corrected chi connectivity index (χ4v) is 3.56. The van der Waals surface area contributed by atoms with E-state index in [0.29, 0.717) is 18.7 Å². The normalized spacial score (nSPS) is 18.3. The van der Waals surface area contributed by atoms with Crippen LogP contribution >= 0.6 is 0 Å². The Kier molecular flexibility index (Phi) is 5.82. The average Bonchev–Trinajstić information content (AvgIpc) is 2.53. The van der Waals surface area contributed by atoms with Gasteiger partial charge in [0.2, 0.25) is 5.91 Å². The number of nitrogens with zero attached hydrogens (tertiary/aromatic N) is 1. The van der Waals surface area contributed by atoms with E-state index < -0.39 is 23.3 Å². The summed E-state index contributed by atoms with van der Waals surface area (Å²) in [7, 11) is 0. The Bertz CT molecular complexity index is 603. The molecule has 1 fully saturated rings. The van der Waals surface area contributed by atoms with Crippen molar-refractivity contribution in [3.8, 4) is 0 Å². The molecule has 25 heavy (non-hydrogen) atoms. The van der Waals surface area contributed by atoms with E-state index in [9.17, 15) is 23.1 Å². The third kappa shape index (κ3) is 4.75. The van der Waals surface area contributed by atoms with Crippen molar-refractivity contribution < 1.29 is 23.1 Å². The zero-order valence-electron chi connectivity index (χ0n) is 14.9. The van der Waals surface area contributed by atoms with Crippen LogP contribution in [0.15, 0.2) is 24.3 Å². The number of amides is 1. The molecule has 1 heterocycles. The maximum atomic E-state index is 13.0. The summed E-state index contributed by atoms with van der Waals surface area (Å²) < 4.78 is 38.9. The molecule has 6 heteroatoms. The van der Waals surface area contributed by atoms with Gasteiger partial charge in [0.25, 0.3) is 0 Å². The molecule has 140 valence electrons. The lowest BCUT2D eigenvalue weighted by Gasteiger charge is -2.41. The summed E-state index contributed by atoms with van der Waals surface area (Å²) in [5, 5.41) is 9.34. The first-order chi connectivity index (χ1) is 11.5. The van der Waals surface area contributed by atoms with Gasteiger partial charge < -0.3 is 10.0 Å². The van der Waals surface area contributed by atoms with Crippen LogP contribution in [0.1, 0.15) is 51.2 Å². The minimum atomic E-state index is -4.34. The van der Waals surface area contributed by atoms with Crippen LogP contribution in [-0.4, -0.2) is 35.1 Å². The Balaban J connectivity index is 2.08. The maximum Gasteiger partial charge on any atom is 0.416 e. The van der Waals surface area contributed by atoms with Gasteiger partial charge in [-0.3, -0.25) is 4.79 Å². The Morgan fingerprint density at radius 2 is 1.80 bits per heavy atom. The molecule has 1 atom stereocenters. The number of carbonyl (C=O) groups is 1. The Morgan fingerprint density at radius 1 is 1.24 bits per heavy atom. The van der Waals surface area contributed by atoms with E-state index in [4.69, 9.17) is 0 Å². The molecule has 1 saturated heterocycles. The molecule has 0 aromatic heterocycles. The lowest BCUT2D eigenvalue weighted by Crippen LogP contribution is -2.44. The van der Waals surface area contributed by atoms with Crippen LogP contribution in [0.2, 0.25) is 0 Å². The van der Waals surface area contributed by atoms with E-state index >= 15 is 0 Å². The number of carbonyl (C=O) groups excluding carboxylic acids is 1. The number of aliphatic hydroxyl groups is 1. The van der Waals surface area contributed by atoms with E-state index in [1.165, 1.54) is 12.1 Å². The maximum absolute atomic E-state index is 13.0. The minimum Gasteiger partial charge on any atom is -0.393 e. The van der Waals surface area contributed by atoms with Gasteiger partial charge in [-0.25, -0.2) is 0 Å². The molecule has 1 unspecified atom stereocenters. The van der Waals surface area contributed by atoms with Crippen molar-refractivity contribution in [3.63, 3.8) is 0 Å². The molecule has 1 aliphatic heterocycles. The Hall–Kier alpha value is -1.56. The van der Waals surface area contributed by atoms with Crippen LogP contribution in [0.3, 0.4) is 0 Å². The smallest absolute Gasteiger partial charge is 0.393 e. The van der Waals surface area contributed by atoms with E-state index in [0.717, 1.165) is 18.9 Å². The van der Waals surface area contributed by atoms with Crippen molar-refractivity contribution in [1.82, 2.24) is 4.90 Å². The van der Waals surface area contributed by atoms with Crippen LogP contribution in [0.5, 0.6) is 0 Å². The molecule has 0 spiro atoms. The van der Waals surface area contributed by atoms with Crippen LogP contribution in [0, 0.1) is 5.92 Å². The van der Waals surface area contributed by atoms with Crippen LogP contribution in [0.4, 0.5) is 13.2 Å². The SMILES string of the molecule is CC(O)CC(=O)N1CCC(C(C)(C)c2cccc(C(F)(F)F)c2)CC1. The monoisotopic (exact) mass is 357 g/mol. The standard InChI is InChI=1S/C19H26F3NO2/c1-13(24)11-17(25)23-9-7-14(8-10-23)18(2,3)15-5-4-6-16(12-15)19(20,21)22/h4-6,12-14,24H,7-11H2,1-3H3. The summed E-state index contributed by atoms with van der Waals surface area (Å²) in [5.41, 5.74) is -0.348. The predicted octanol–water partition coefficient (Wildman–Crippen LogP) is 3.99. The molecular weight excluding hydrogens is 331 g/mol. The van der Waals surface area contributed by atoms with Gasteiger partial charge in [0.05, 0.1) is 18.1 Å². The highest BCUT2D eigenvalue weighted by Gasteiger charge is 2.37. The summed E-state index contributed by atoms with van der Waals surface area (Å²) >= 11 is 0. The van der Waals surface area contributed by atoms with Gasteiger partial charge >= 0.3 is 6.18 Å². The van der Waals surface area contributed by atoms with Gasteiger partial charge in [0.1, 0.15) is 0 Å². The summed E-state index contributed by atoms with van der Waals surface area (Å²) in [6.07, 6.45) is -3.40. The lowest BCUT2D eigenvalue weighted by atomic mass is 9.69. The van der Waals surface area contributed by atoms with E-state index in [2.05, 4.69) is 0 Å². The second-order valence-electron chi connectivity index (χ2n) is 7.51. The third-order valence-electron chi connectivity index (χ3n) is 5.27. The van der Waals surface area contributed by atoms with Crippen molar-refractivity contribution in [1.29, 1.82) is 0 Å². The molecule has 3 nitrogen and oxygen atoms in total. The fourth-order valence-electron chi connectivity index (χ4n) is 3.56. The largest absolute Gasteiger partial charge is 0.416 e. The van der Waals surface area contributed by atoms with Crippen molar-refractivity contribution >= 4 is 5.91 Å². The van der Waals surface area contributed by atoms with Crippen LogP contribution in [0.25, 0.3) is 0 Å². The number of rotatable bonds is 4. The van der Waals surface area contributed by atoms with Gasteiger partial charge in [0, 0.05) is 13.1 Å². The first-order valence-electron chi connectivity index (χ1n) is 8.65. The zero-order chi connectivity index (χ0) is 18.8. The number of benzene rings is 1. The van der Waals surface area contributed by atoms with Crippen molar-refractivity contribution in [3.05, 3.63) is 35.4 Å². The van der Waals surface area contributed by atoms with Gasteiger partial charge in [-0.05, 0) is 42.7 Å². The molecular formula is C19H26F3NO2. The van der Waals surface area contributed by atoms with Gasteiger partial charge in [0.15, 0.2) is 0 Å². The molecule has 0 aliphatic carbocycles. The average molecular weight is 357 g/mol. The van der Waals surface area contributed by atoms with Crippen molar-refractivity contribution in [2.75, 3.05) is 13.1 Å². The fraction of sp³-hybridized carbons (Fsp3) is 0.632. The molecule has 1 aromatic rings. The number of likely N-dealkylation sites (tertiary alicyclic amines) is 1. The molecule has 0 radical (unpaired) electrons. The van der Waals surface area contributed by atoms with Gasteiger partial charge in [-0.2, -0.15) is 13.2 Å². The first kappa shape index (κ1) is 19.8. The highest BCUT2D eigenvalue weighted by molar-refractivity contribution is 5.76. The summed E-state index contributed by atoms with van der Waals surface area (Å²) in [6.45, 7) is 6.69. The van der Waals surface area contributed by atoms with E-state index in [1.807, 2.05) is 13.8 Å². The van der Waals surface area contributed by atoms with Crippen molar-refractivity contribution in [2.24, 2.45) is 5.92 Å². The molecule has 1 N–H and O–H groups in total. The molecule has 1 aromatic carbocycles. The second kappa shape index (κ2) is 7.36. The second-order valence-corrected chi connectivity index (χ2v) is 7.51. The van der Waals surface area contributed by atoms with Crippen LogP contribution < -0.4 is 0 Å². The molecule has 0 saturated carbocycles. The highest BCUT2D eigenvalue weighted by Crippen LogP contribution is 2.40. The van der Waals surface area contributed by atoms with Gasteiger partial charge in [-0.1, -0.05) is 32.0 Å². The number of alkyl halides is 3. The number of halogens is 3. The first-order valence-corrected chi connectivity index (χ1v) is 8.65. The number of hydrogen-bond acceptors (Lipinski definition) is 2. The quantitative estimate of drug-likeness (QED) is 0.885. The molecule has 1 aliphatic rings. The van der Waals surface area contributed by atoms with E-state index in [-0.39, 0.29) is 18.2 Å². The zero-order valence-corrected chi connectivity index (χ0v) is 14.9. The molecule has 2 rings (SSSR count). The Labute approximate surface area is 146 Å². The number of aliphatic hydroxyl groups excluding tert-OH is 1. The Morgan fingerprint density at radius 3 is 2.32 bits per heavy atom.